The number of aromatic nitrogens is 2. The molecule has 39 heavy (non-hydrogen) atoms. The van der Waals surface area contributed by atoms with Crippen molar-refractivity contribution in [3.63, 3.8) is 0 Å². The van der Waals surface area contributed by atoms with Crippen LogP contribution in [0.25, 0.3) is 0 Å². The molecule has 0 bridgehead atoms. The number of carbonyl (C=O) groups excluding carboxylic acids is 3. The van der Waals surface area contributed by atoms with Crippen molar-refractivity contribution in [1.29, 1.82) is 0 Å². The molecule has 10 nitrogen and oxygen atoms in total. The highest BCUT2D eigenvalue weighted by molar-refractivity contribution is 6.04. The molecule has 10 heteroatoms. The van der Waals surface area contributed by atoms with Crippen LogP contribution in [0.3, 0.4) is 0 Å². The van der Waals surface area contributed by atoms with Crippen LogP contribution in [0.2, 0.25) is 0 Å². The third-order valence-corrected chi connectivity index (χ3v) is 7.41. The third kappa shape index (κ3) is 6.25. The van der Waals surface area contributed by atoms with E-state index >= 15 is 0 Å². The number of aromatic amines is 1. The number of H-pyrrole nitrogens is 1. The topological polar surface area (TPSA) is 111 Å². The Labute approximate surface area is 227 Å². The maximum Gasteiger partial charge on any atom is 0.256 e. The van der Waals surface area contributed by atoms with Crippen molar-refractivity contribution in [2.24, 2.45) is 0 Å². The number of anilines is 1. The van der Waals surface area contributed by atoms with Crippen LogP contribution in [0.4, 0.5) is 5.82 Å². The van der Waals surface area contributed by atoms with Crippen molar-refractivity contribution in [2.45, 2.75) is 32.2 Å². The zero-order chi connectivity index (χ0) is 27.2. The van der Waals surface area contributed by atoms with Crippen molar-refractivity contribution in [1.82, 2.24) is 24.9 Å². The van der Waals surface area contributed by atoms with E-state index in [1.165, 1.54) is 7.11 Å². The number of nitrogens with zero attached hydrogens (tertiary/aromatic N) is 4. The standard InChI is InChI=1S/C29H34N6O4/c1-39-26(22-6-3-2-4-7-22)29(38)35-19-24-25(20-35)31-32-27(24)30-28(37)23-10-8-21(9-11-23)18-34-15-13-33(14-16-34)12-5-17-36/h2-4,6-11,17,26H,5,12-16,18-20H2,1H3,(H2,30,31,32,37). The molecule has 5 rings (SSSR count). The van der Waals surface area contributed by atoms with Crippen LogP contribution in [0.5, 0.6) is 0 Å². The maximum atomic E-state index is 13.2. The fourth-order valence-corrected chi connectivity index (χ4v) is 5.18. The monoisotopic (exact) mass is 530 g/mol. The summed E-state index contributed by atoms with van der Waals surface area (Å²) in [6, 6.07) is 17.0. The Morgan fingerprint density at radius 1 is 1.03 bits per heavy atom. The van der Waals surface area contributed by atoms with Crippen LogP contribution in [0, 0.1) is 0 Å². The lowest BCUT2D eigenvalue weighted by Gasteiger charge is -2.34. The smallest absolute Gasteiger partial charge is 0.256 e. The molecule has 1 saturated heterocycles. The van der Waals surface area contributed by atoms with Gasteiger partial charge < -0.3 is 24.6 Å². The highest BCUT2D eigenvalue weighted by Gasteiger charge is 2.33. The fraction of sp³-hybridized carbons (Fsp3) is 0.379. The quantitative estimate of drug-likeness (QED) is 0.388. The van der Waals surface area contributed by atoms with E-state index in [1.54, 1.807) is 4.90 Å². The van der Waals surface area contributed by atoms with E-state index < -0.39 is 6.10 Å². The molecule has 2 aliphatic heterocycles. The largest absolute Gasteiger partial charge is 0.367 e. The zero-order valence-corrected chi connectivity index (χ0v) is 22.1. The number of amides is 2. The summed E-state index contributed by atoms with van der Waals surface area (Å²) in [6.45, 7) is 6.22. The van der Waals surface area contributed by atoms with E-state index in [4.69, 9.17) is 4.74 Å². The highest BCUT2D eigenvalue weighted by Crippen LogP contribution is 2.30. The predicted molar refractivity (Wildman–Crippen MR) is 146 cm³/mol. The average Bonchev–Trinajstić information content (AvgIpc) is 3.56. The van der Waals surface area contributed by atoms with Gasteiger partial charge in [-0.3, -0.25) is 19.6 Å². The first-order valence-electron chi connectivity index (χ1n) is 13.3. The highest BCUT2D eigenvalue weighted by atomic mass is 16.5. The fourth-order valence-electron chi connectivity index (χ4n) is 5.18. The van der Waals surface area contributed by atoms with Gasteiger partial charge in [-0.2, -0.15) is 5.10 Å². The first-order valence-corrected chi connectivity index (χ1v) is 13.3. The molecule has 3 aromatic rings. The van der Waals surface area contributed by atoms with Crippen molar-refractivity contribution >= 4 is 23.9 Å². The van der Waals surface area contributed by atoms with Crippen LogP contribution in [-0.2, 0) is 34.0 Å². The Kier molecular flexibility index (Phi) is 8.45. The number of benzene rings is 2. The van der Waals surface area contributed by atoms with Crippen molar-refractivity contribution < 1.29 is 19.1 Å². The van der Waals surface area contributed by atoms with E-state index in [1.807, 2.05) is 54.6 Å². The summed E-state index contributed by atoms with van der Waals surface area (Å²) >= 11 is 0. The van der Waals surface area contributed by atoms with Crippen molar-refractivity contribution in [2.75, 3.05) is 45.2 Å². The number of nitrogens with one attached hydrogen (secondary N) is 2. The minimum Gasteiger partial charge on any atom is -0.367 e. The second kappa shape index (κ2) is 12.3. The Bertz CT molecular complexity index is 1280. The molecule has 1 fully saturated rings. The normalized spacial score (nSPS) is 16.6. The molecule has 2 amide bonds. The van der Waals surface area contributed by atoms with Gasteiger partial charge in [0.15, 0.2) is 11.9 Å². The van der Waals surface area contributed by atoms with Crippen molar-refractivity contribution in [3.8, 4) is 0 Å². The van der Waals surface area contributed by atoms with Gasteiger partial charge in [-0.05, 0) is 23.3 Å². The van der Waals surface area contributed by atoms with E-state index in [2.05, 4.69) is 25.3 Å². The molecule has 0 saturated carbocycles. The molecular weight excluding hydrogens is 496 g/mol. The van der Waals surface area contributed by atoms with Gasteiger partial charge in [-0.1, -0.05) is 42.5 Å². The summed E-state index contributed by atoms with van der Waals surface area (Å²) in [5.74, 6) is 0.0579. The van der Waals surface area contributed by atoms with Gasteiger partial charge in [0.1, 0.15) is 6.29 Å². The number of fused-ring (bicyclic) bond motifs is 1. The number of hydrogen-bond acceptors (Lipinski definition) is 7. The number of hydrogen-bond donors (Lipinski definition) is 2. The number of rotatable bonds is 10. The van der Waals surface area contributed by atoms with Crippen LogP contribution in [-0.4, -0.2) is 82.8 Å². The molecule has 0 aliphatic carbocycles. The molecule has 2 N–H and O–H groups in total. The van der Waals surface area contributed by atoms with Gasteiger partial charge in [-0.25, -0.2) is 0 Å². The van der Waals surface area contributed by atoms with Crippen molar-refractivity contribution in [3.05, 3.63) is 82.5 Å². The van der Waals surface area contributed by atoms with Crippen LogP contribution >= 0.6 is 0 Å². The second-order valence-electron chi connectivity index (χ2n) is 9.97. The molecule has 2 aromatic carbocycles. The molecular formula is C29H34N6O4. The van der Waals surface area contributed by atoms with Crippen LogP contribution in [0.1, 0.15) is 45.3 Å². The molecule has 1 aromatic heterocycles. The Hall–Kier alpha value is -3.86. The Morgan fingerprint density at radius 3 is 2.44 bits per heavy atom. The summed E-state index contributed by atoms with van der Waals surface area (Å²) in [5, 5.41) is 10.2. The van der Waals surface area contributed by atoms with E-state index in [0.717, 1.165) is 67.9 Å². The Balaban J connectivity index is 1.15. The lowest BCUT2D eigenvalue weighted by Crippen LogP contribution is -2.46. The number of piperazine rings is 1. The molecule has 1 unspecified atom stereocenters. The van der Waals surface area contributed by atoms with Crippen LogP contribution < -0.4 is 5.32 Å². The number of methoxy groups -OCH3 is 1. The first-order chi connectivity index (χ1) is 19.1. The summed E-state index contributed by atoms with van der Waals surface area (Å²) in [4.78, 5) is 43.2. The van der Waals surface area contributed by atoms with E-state index in [9.17, 15) is 14.4 Å². The average molecular weight is 531 g/mol. The summed E-state index contributed by atoms with van der Waals surface area (Å²) in [5.41, 5.74) is 4.11. The lowest BCUT2D eigenvalue weighted by atomic mass is 10.1. The minimum absolute atomic E-state index is 0.136. The lowest BCUT2D eigenvalue weighted by molar-refractivity contribution is -0.143. The van der Waals surface area contributed by atoms with Gasteiger partial charge in [0, 0.05) is 63.9 Å². The molecule has 204 valence electrons. The van der Waals surface area contributed by atoms with Gasteiger partial charge in [0.05, 0.1) is 18.8 Å². The number of ether oxygens (including phenoxy) is 1. The van der Waals surface area contributed by atoms with Gasteiger partial charge in [0.25, 0.3) is 11.8 Å². The molecule has 0 radical (unpaired) electrons. The third-order valence-electron chi connectivity index (χ3n) is 7.41. The van der Waals surface area contributed by atoms with Gasteiger partial charge in [0.2, 0.25) is 0 Å². The summed E-state index contributed by atoms with van der Waals surface area (Å²) in [6.07, 6.45) is 0.874. The molecule has 1 atom stereocenters. The van der Waals surface area contributed by atoms with Gasteiger partial charge >= 0.3 is 0 Å². The van der Waals surface area contributed by atoms with Crippen LogP contribution in [0.15, 0.2) is 54.6 Å². The molecule has 3 heterocycles. The number of aldehydes is 1. The zero-order valence-electron chi connectivity index (χ0n) is 22.1. The van der Waals surface area contributed by atoms with Gasteiger partial charge in [-0.15, -0.1) is 0 Å². The maximum absolute atomic E-state index is 13.2. The SMILES string of the molecule is COC(C(=O)N1Cc2[nH]nc(NC(=O)c3ccc(CN4CCN(CCC=O)CC4)cc3)c2C1)c1ccccc1. The van der Waals surface area contributed by atoms with E-state index in [0.29, 0.717) is 30.9 Å². The molecule has 0 spiro atoms. The minimum atomic E-state index is -0.689. The second-order valence-corrected chi connectivity index (χ2v) is 9.97. The first kappa shape index (κ1) is 26.7. The Morgan fingerprint density at radius 2 is 1.74 bits per heavy atom. The predicted octanol–water partition coefficient (Wildman–Crippen LogP) is 2.60. The van der Waals surface area contributed by atoms with E-state index in [-0.39, 0.29) is 11.8 Å². The number of carbonyl (C=O) groups is 3. The molecule has 2 aliphatic rings. The summed E-state index contributed by atoms with van der Waals surface area (Å²) in [7, 11) is 1.53. The summed E-state index contributed by atoms with van der Waals surface area (Å²) < 4.78 is 5.51.